The number of pyridine rings is 1. The van der Waals surface area contributed by atoms with Crippen molar-refractivity contribution in [3.05, 3.63) is 75.7 Å². The summed E-state index contributed by atoms with van der Waals surface area (Å²) in [6.07, 6.45) is 1.71. The van der Waals surface area contributed by atoms with Gasteiger partial charge in [-0.05, 0) is 49.2 Å². The second kappa shape index (κ2) is 9.55. The first kappa shape index (κ1) is 23.3. The molecule has 9 heteroatoms. The fourth-order valence-corrected chi connectivity index (χ4v) is 4.54. The number of carbonyl (C=O) groups excluding carboxylic acids is 1. The Morgan fingerprint density at radius 1 is 1.24 bits per heavy atom. The van der Waals surface area contributed by atoms with E-state index in [1.54, 1.807) is 36.2 Å². The van der Waals surface area contributed by atoms with E-state index in [1.807, 2.05) is 12.1 Å². The Hall–Kier alpha value is -2.87. The monoisotopic (exact) mass is 488 g/mol. The fraction of sp³-hybridized carbons (Fsp3) is 0.250. The molecule has 2 aromatic carbocycles. The van der Waals surface area contributed by atoms with E-state index >= 15 is 0 Å². The molecule has 1 aliphatic rings. The Kier molecular flexibility index (Phi) is 6.74. The first-order valence-electron chi connectivity index (χ1n) is 10.5. The number of likely N-dealkylation sites (tertiary alicyclic amines) is 1. The second-order valence-electron chi connectivity index (χ2n) is 8.01. The van der Waals surface area contributed by atoms with Crippen molar-refractivity contribution in [2.75, 3.05) is 18.8 Å². The molecule has 1 unspecified atom stereocenters. The van der Waals surface area contributed by atoms with E-state index in [-0.39, 0.29) is 27.8 Å². The molecular weight excluding hydrogens is 466 g/mol. The molecule has 0 saturated carbocycles. The number of halogens is 3. The van der Waals surface area contributed by atoms with Gasteiger partial charge < -0.3 is 21.1 Å². The zero-order chi connectivity index (χ0) is 23.7. The molecule has 6 nitrogen and oxygen atoms in total. The van der Waals surface area contributed by atoms with Gasteiger partial charge in [0.15, 0.2) is 11.6 Å². The molecule has 1 amide bonds. The predicted octanol–water partition coefficient (Wildman–Crippen LogP) is 5.09. The van der Waals surface area contributed by atoms with Crippen LogP contribution in [0.25, 0.3) is 11.1 Å². The molecule has 172 valence electrons. The van der Waals surface area contributed by atoms with Gasteiger partial charge in [0.2, 0.25) is 0 Å². The third kappa shape index (κ3) is 4.90. The van der Waals surface area contributed by atoms with Crippen molar-refractivity contribution in [3.63, 3.8) is 0 Å². The fourth-order valence-electron chi connectivity index (χ4n) is 3.86. The Bertz CT molecular complexity index is 1210. The average molecular weight is 489 g/mol. The Balaban J connectivity index is 1.61. The molecule has 1 aromatic heterocycles. The van der Waals surface area contributed by atoms with Crippen LogP contribution in [-0.2, 0) is 0 Å². The third-order valence-electron chi connectivity index (χ3n) is 5.63. The lowest BCUT2D eigenvalue weighted by atomic mass is 10.0. The molecular formula is C24H23Cl2FN4O2. The number of amides is 1. The molecule has 33 heavy (non-hydrogen) atoms. The van der Waals surface area contributed by atoms with Gasteiger partial charge in [0.05, 0.1) is 5.02 Å². The minimum Gasteiger partial charge on any atom is -0.482 e. The van der Waals surface area contributed by atoms with Gasteiger partial charge in [-0.1, -0.05) is 35.3 Å². The van der Waals surface area contributed by atoms with Crippen LogP contribution in [0, 0.1) is 5.82 Å². The molecule has 0 radical (unpaired) electrons. The van der Waals surface area contributed by atoms with Crippen molar-refractivity contribution in [2.24, 2.45) is 5.73 Å². The highest BCUT2D eigenvalue weighted by atomic mass is 35.5. The van der Waals surface area contributed by atoms with Crippen molar-refractivity contribution in [1.29, 1.82) is 0 Å². The normalized spacial score (nSPS) is 16.6. The van der Waals surface area contributed by atoms with Gasteiger partial charge in [0.1, 0.15) is 11.9 Å². The Morgan fingerprint density at radius 2 is 2.03 bits per heavy atom. The summed E-state index contributed by atoms with van der Waals surface area (Å²) >= 11 is 12.3. The van der Waals surface area contributed by atoms with Crippen molar-refractivity contribution >= 4 is 34.9 Å². The van der Waals surface area contributed by atoms with Crippen LogP contribution >= 0.6 is 23.2 Å². The highest BCUT2D eigenvalue weighted by Gasteiger charge is 2.25. The molecule has 1 saturated heterocycles. The van der Waals surface area contributed by atoms with Crippen LogP contribution < -0.4 is 16.2 Å². The summed E-state index contributed by atoms with van der Waals surface area (Å²) < 4.78 is 19.9. The minimum atomic E-state index is -0.688. The standard InChI is InChI=1S/C24H23Cl2FN4O2/c1-13(21-18(25)5-6-19(27)22(21)26)33-20-10-16(11-30-23(20)29)14-3-2-4-15(9-14)24(32)31-8-7-17(28)12-31/h2-6,9-11,13,17H,7-8,12,28H2,1H3,(H2,29,30)/t13?,17-/m0/s1. The lowest BCUT2D eigenvalue weighted by Crippen LogP contribution is -2.31. The number of carbonyl (C=O) groups is 1. The van der Waals surface area contributed by atoms with Crippen LogP contribution in [0.15, 0.2) is 48.7 Å². The van der Waals surface area contributed by atoms with Crippen molar-refractivity contribution in [2.45, 2.75) is 25.5 Å². The van der Waals surface area contributed by atoms with E-state index in [2.05, 4.69) is 4.98 Å². The maximum atomic E-state index is 13.9. The van der Waals surface area contributed by atoms with Crippen LogP contribution in [0.2, 0.25) is 10.0 Å². The van der Waals surface area contributed by atoms with E-state index in [9.17, 15) is 9.18 Å². The van der Waals surface area contributed by atoms with Gasteiger partial charge in [-0.25, -0.2) is 9.37 Å². The van der Waals surface area contributed by atoms with E-state index in [0.29, 0.717) is 35.5 Å². The number of nitrogens with two attached hydrogens (primary N) is 2. The zero-order valence-corrected chi connectivity index (χ0v) is 19.4. The number of anilines is 1. The molecule has 0 spiro atoms. The molecule has 4 N–H and O–H groups in total. The highest BCUT2D eigenvalue weighted by Crippen LogP contribution is 2.37. The summed E-state index contributed by atoms with van der Waals surface area (Å²) in [7, 11) is 0. The van der Waals surface area contributed by atoms with Crippen molar-refractivity contribution in [3.8, 4) is 16.9 Å². The summed E-state index contributed by atoms with van der Waals surface area (Å²) in [5, 5.41) is 0.176. The molecule has 2 atom stereocenters. The Labute approximate surface area is 201 Å². The second-order valence-corrected chi connectivity index (χ2v) is 8.79. The third-order valence-corrected chi connectivity index (χ3v) is 6.34. The number of benzene rings is 2. The lowest BCUT2D eigenvalue weighted by molar-refractivity contribution is 0.0791. The van der Waals surface area contributed by atoms with Crippen LogP contribution in [0.3, 0.4) is 0 Å². The maximum absolute atomic E-state index is 13.9. The SMILES string of the molecule is CC(Oc1cc(-c2cccc(C(=O)N3CC[C@H](N)C3)c2)cnc1N)c1c(Cl)ccc(F)c1Cl. The number of rotatable bonds is 5. The van der Waals surface area contributed by atoms with E-state index in [0.717, 1.165) is 12.0 Å². The topological polar surface area (TPSA) is 94.5 Å². The molecule has 4 rings (SSSR count). The van der Waals surface area contributed by atoms with Crippen LogP contribution in [0.1, 0.15) is 35.4 Å². The first-order valence-corrected chi connectivity index (χ1v) is 11.2. The van der Waals surface area contributed by atoms with Gasteiger partial charge >= 0.3 is 0 Å². The Morgan fingerprint density at radius 3 is 2.76 bits per heavy atom. The first-order chi connectivity index (χ1) is 15.7. The van der Waals surface area contributed by atoms with Crippen molar-refractivity contribution in [1.82, 2.24) is 9.88 Å². The van der Waals surface area contributed by atoms with Gasteiger partial charge in [0, 0.05) is 47.0 Å². The zero-order valence-electron chi connectivity index (χ0n) is 17.9. The number of nitrogens with zero attached hydrogens (tertiary/aromatic N) is 2. The molecule has 1 aliphatic heterocycles. The van der Waals surface area contributed by atoms with Crippen LogP contribution in [0.4, 0.5) is 10.2 Å². The predicted molar refractivity (Wildman–Crippen MR) is 128 cm³/mol. The van der Waals surface area contributed by atoms with Crippen LogP contribution in [0.5, 0.6) is 5.75 Å². The molecule has 3 aromatic rings. The summed E-state index contributed by atoms with van der Waals surface area (Å²) in [6.45, 7) is 2.89. The summed E-state index contributed by atoms with van der Waals surface area (Å²) in [6, 6.07) is 11.6. The smallest absolute Gasteiger partial charge is 0.253 e. The number of aromatic nitrogens is 1. The van der Waals surface area contributed by atoms with E-state index < -0.39 is 11.9 Å². The van der Waals surface area contributed by atoms with Gasteiger partial charge in [-0.3, -0.25) is 4.79 Å². The number of hydrogen-bond acceptors (Lipinski definition) is 5. The molecule has 0 aliphatic carbocycles. The molecule has 2 heterocycles. The summed E-state index contributed by atoms with van der Waals surface area (Å²) in [4.78, 5) is 18.8. The van der Waals surface area contributed by atoms with Crippen LogP contribution in [-0.4, -0.2) is 34.9 Å². The summed E-state index contributed by atoms with van der Waals surface area (Å²) in [5.41, 5.74) is 14.3. The number of hydrogen-bond donors (Lipinski definition) is 2. The average Bonchev–Trinajstić information content (AvgIpc) is 3.24. The van der Waals surface area contributed by atoms with E-state index in [4.69, 9.17) is 39.4 Å². The van der Waals surface area contributed by atoms with E-state index in [1.165, 1.54) is 12.1 Å². The largest absolute Gasteiger partial charge is 0.482 e. The number of nitrogen functional groups attached to an aromatic ring is 1. The van der Waals surface area contributed by atoms with Crippen molar-refractivity contribution < 1.29 is 13.9 Å². The molecule has 0 bridgehead atoms. The number of ether oxygens (including phenoxy) is 1. The summed E-state index contributed by atoms with van der Waals surface area (Å²) in [5.74, 6) is -0.202. The van der Waals surface area contributed by atoms with Gasteiger partial charge in [0.25, 0.3) is 5.91 Å². The highest BCUT2D eigenvalue weighted by molar-refractivity contribution is 6.36. The lowest BCUT2D eigenvalue weighted by Gasteiger charge is -2.19. The quantitative estimate of drug-likeness (QED) is 0.487. The van der Waals surface area contributed by atoms with Gasteiger partial charge in [-0.15, -0.1) is 0 Å². The van der Waals surface area contributed by atoms with Gasteiger partial charge in [-0.2, -0.15) is 0 Å². The minimum absolute atomic E-state index is 0.0141. The maximum Gasteiger partial charge on any atom is 0.253 e. The molecule has 1 fully saturated rings.